The van der Waals surface area contributed by atoms with Crippen molar-refractivity contribution in [2.45, 2.75) is 18.9 Å². The van der Waals surface area contributed by atoms with Crippen LogP contribution in [0.1, 0.15) is 12.8 Å². The monoisotopic (exact) mass is 255 g/mol. The maximum atomic E-state index is 12.3. The van der Waals surface area contributed by atoms with Crippen molar-refractivity contribution in [3.8, 4) is 0 Å². The van der Waals surface area contributed by atoms with Crippen LogP contribution in [0.5, 0.6) is 0 Å². The van der Waals surface area contributed by atoms with Crippen molar-refractivity contribution in [3.05, 3.63) is 0 Å². The van der Waals surface area contributed by atoms with Gasteiger partial charge in [0.2, 0.25) is 11.8 Å². The van der Waals surface area contributed by atoms with Gasteiger partial charge in [0.15, 0.2) is 0 Å². The molecule has 0 aromatic rings. The SMILES string of the molecule is CNC(=O)C1CCCN(C(=O)C2COCCN2)C1. The van der Waals surface area contributed by atoms with Crippen LogP contribution in [0.25, 0.3) is 0 Å². The molecule has 2 rings (SSSR count). The molecule has 0 bridgehead atoms. The van der Waals surface area contributed by atoms with E-state index in [1.54, 1.807) is 11.9 Å². The fraction of sp³-hybridized carbons (Fsp3) is 0.833. The third kappa shape index (κ3) is 3.00. The summed E-state index contributed by atoms with van der Waals surface area (Å²) in [5, 5.41) is 5.81. The van der Waals surface area contributed by atoms with Crippen LogP contribution >= 0.6 is 0 Å². The molecule has 0 aliphatic carbocycles. The van der Waals surface area contributed by atoms with E-state index in [0.29, 0.717) is 26.3 Å². The first kappa shape index (κ1) is 13.3. The molecule has 18 heavy (non-hydrogen) atoms. The molecule has 2 N–H and O–H groups in total. The van der Waals surface area contributed by atoms with Gasteiger partial charge < -0.3 is 20.3 Å². The minimum Gasteiger partial charge on any atom is -0.378 e. The van der Waals surface area contributed by atoms with E-state index in [4.69, 9.17) is 4.74 Å². The number of likely N-dealkylation sites (tertiary alicyclic amines) is 1. The number of amides is 2. The van der Waals surface area contributed by atoms with Gasteiger partial charge in [-0.3, -0.25) is 9.59 Å². The molecule has 2 aliphatic heterocycles. The number of ether oxygens (including phenoxy) is 1. The average molecular weight is 255 g/mol. The number of rotatable bonds is 2. The molecule has 2 saturated heterocycles. The van der Waals surface area contributed by atoms with Gasteiger partial charge in [-0.05, 0) is 12.8 Å². The number of carbonyl (C=O) groups excluding carboxylic acids is 2. The third-order valence-corrected chi connectivity index (χ3v) is 3.57. The highest BCUT2D eigenvalue weighted by molar-refractivity contribution is 5.84. The van der Waals surface area contributed by atoms with E-state index in [2.05, 4.69) is 10.6 Å². The molecule has 0 radical (unpaired) electrons. The fourth-order valence-electron chi connectivity index (χ4n) is 2.54. The Labute approximate surface area is 107 Å². The Morgan fingerprint density at radius 2 is 2.28 bits per heavy atom. The van der Waals surface area contributed by atoms with Crippen molar-refractivity contribution < 1.29 is 14.3 Å². The third-order valence-electron chi connectivity index (χ3n) is 3.57. The second kappa shape index (κ2) is 6.15. The lowest BCUT2D eigenvalue weighted by Crippen LogP contribution is -2.55. The van der Waals surface area contributed by atoms with Crippen LogP contribution in [0.3, 0.4) is 0 Å². The van der Waals surface area contributed by atoms with E-state index in [1.165, 1.54) is 0 Å². The zero-order valence-corrected chi connectivity index (χ0v) is 10.8. The van der Waals surface area contributed by atoms with Gasteiger partial charge in [-0.25, -0.2) is 0 Å². The summed E-state index contributed by atoms with van der Waals surface area (Å²) < 4.78 is 5.30. The molecular formula is C12H21N3O3. The molecule has 0 aromatic carbocycles. The lowest BCUT2D eigenvalue weighted by Gasteiger charge is -2.35. The van der Waals surface area contributed by atoms with Crippen molar-refractivity contribution in [1.82, 2.24) is 15.5 Å². The van der Waals surface area contributed by atoms with Gasteiger partial charge in [-0.15, -0.1) is 0 Å². The molecule has 6 nitrogen and oxygen atoms in total. The Morgan fingerprint density at radius 3 is 2.94 bits per heavy atom. The van der Waals surface area contributed by atoms with Crippen molar-refractivity contribution in [2.24, 2.45) is 5.92 Å². The lowest BCUT2D eigenvalue weighted by molar-refractivity contribution is -0.139. The molecule has 2 fully saturated rings. The summed E-state index contributed by atoms with van der Waals surface area (Å²) in [5.74, 6) is 0.0147. The van der Waals surface area contributed by atoms with E-state index in [1.807, 2.05) is 0 Å². The Morgan fingerprint density at radius 1 is 1.44 bits per heavy atom. The number of nitrogens with zero attached hydrogens (tertiary/aromatic N) is 1. The van der Waals surface area contributed by atoms with E-state index < -0.39 is 0 Å². The summed E-state index contributed by atoms with van der Waals surface area (Å²) in [6.45, 7) is 3.06. The van der Waals surface area contributed by atoms with Crippen molar-refractivity contribution in [2.75, 3.05) is 39.9 Å². The van der Waals surface area contributed by atoms with Crippen LogP contribution in [-0.4, -0.2) is 62.7 Å². The minimum atomic E-state index is -0.248. The van der Waals surface area contributed by atoms with Crippen LogP contribution in [0.15, 0.2) is 0 Å². The van der Waals surface area contributed by atoms with Crippen LogP contribution in [0, 0.1) is 5.92 Å². The van der Waals surface area contributed by atoms with Gasteiger partial charge in [0.05, 0.1) is 19.1 Å². The summed E-state index contributed by atoms with van der Waals surface area (Å²) >= 11 is 0. The molecule has 6 heteroatoms. The standard InChI is InChI=1S/C12H21N3O3/c1-13-11(16)9-3-2-5-15(7-9)12(17)10-8-18-6-4-14-10/h9-10,14H,2-8H2,1H3,(H,13,16). The van der Waals surface area contributed by atoms with Gasteiger partial charge in [0.1, 0.15) is 6.04 Å². The summed E-state index contributed by atoms with van der Waals surface area (Å²) in [6.07, 6.45) is 1.75. The molecule has 102 valence electrons. The van der Waals surface area contributed by atoms with E-state index in [9.17, 15) is 9.59 Å². The molecule has 0 saturated carbocycles. The molecule has 2 atom stereocenters. The van der Waals surface area contributed by atoms with Gasteiger partial charge in [-0.1, -0.05) is 0 Å². The van der Waals surface area contributed by atoms with Crippen molar-refractivity contribution in [3.63, 3.8) is 0 Å². The number of hydrogen-bond donors (Lipinski definition) is 2. The van der Waals surface area contributed by atoms with E-state index in [-0.39, 0.29) is 23.8 Å². The summed E-state index contributed by atoms with van der Waals surface area (Å²) in [4.78, 5) is 25.7. The molecule has 0 aromatic heterocycles. The van der Waals surface area contributed by atoms with E-state index >= 15 is 0 Å². The van der Waals surface area contributed by atoms with Crippen molar-refractivity contribution >= 4 is 11.8 Å². The quantitative estimate of drug-likeness (QED) is 0.661. The predicted octanol–water partition coefficient (Wildman–Crippen LogP) is -1.04. The largest absolute Gasteiger partial charge is 0.378 e. The maximum Gasteiger partial charge on any atom is 0.242 e. The van der Waals surface area contributed by atoms with Crippen LogP contribution in [0.4, 0.5) is 0 Å². The number of hydrogen-bond acceptors (Lipinski definition) is 4. The van der Waals surface area contributed by atoms with Crippen LogP contribution < -0.4 is 10.6 Å². The second-order valence-corrected chi connectivity index (χ2v) is 4.82. The highest BCUT2D eigenvalue weighted by atomic mass is 16.5. The van der Waals surface area contributed by atoms with Gasteiger partial charge in [0.25, 0.3) is 0 Å². The zero-order chi connectivity index (χ0) is 13.0. The molecular weight excluding hydrogens is 234 g/mol. The number of carbonyl (C=O) groups is 2. The van der Waals surface area contributed by atoms with Crippen LogP contribution in [-0.2, 0) is 14.3 Å². The molecule has 2 aliphatic rings. The summed E-state index contributed by atoms with van der Waals surface area (Å²) in [5.41, 5.74) is 0. The van der Waals surface area contributed by atoms with Crippen molar-refractivity contribution in [1.29, 1.82) is 0 Å². The molecule has 2 unspecified atom stereocenters. The Bertz CT molecular complexity index is 316. The number of nitrogens with one attached hydrogen (secondary N) is 2. The molecule has 2 heterocycles. The lowest BCUT2D eigenvalue weighted by atomic mass is 9.96. The number of piperidine rings is 1. The topological polar surface area (TPSA) is 70.7 Å². The first-order valence-electron chi connectivity index (χ1n) is 6.54. The second-order valence-electron chi connectivity index (χ2n) is 4.82. The minimum absolute atomic E-state index is 0.0281. The first-order chi connectivity index (χ1) is 8.72. The van der Waals surface area contributed by atoms with Gasteiger partial charge in [0, 0.05) is 26.7 Å². The van der Waals surface area contributed by atoms with Crippen LogP contribution in [0.2, 0.25) is 0 Å². The van der Waals surface area contributed by atoms with Gasteiger partial charge in [-0.2, -0.15) is 0 Å². The normalized spacial score (nSPS) is 28.8. The highest BCUT2D eigenvalue weighted by Gasteiger charge is 2.32. The summed E-state index contributed by atoms with van der Waals surface area (Å²) in [6, 6.07) is -0.248. The zero-order valence-electron chi connectivity index (χ0n) is 10.8. The summed E-state index contributed by atoms with van der Waals surface area (Å²) in [7, 11) is 1.64. The Balaban J connectivity index is 1.91. The number of morpholine rings is 1. The average Bonchev–Trinajstić information content (AvgIpc) is 2.46. The predicted molar refractivity (Wildman–Crippen MR) is 66.0 cm³/mol. The Kier molecular flexibility index (Phi) is 4.54. The highest BCUT2D eigenvalue weighted by Crippen LogP contribution is 2.17. The fourth-order valence-corrected chi connectivity index (χ4v) is 2.54. The van der Waals surface area contributed by atoms with E-state index in [0.717, 1.165) is 19.4 Å². The van der Waals surface area contributed by atoms with Gasteiger partial charge >= 0.3 is 0 Å². The first-order valence-corrected chi connectivity index (χ1v) is 6.54. The smallest absolute Gasteiger partial charge is 0.242 e. The molecule has 2 amide bonds. The maximum absolute atomic E-state index is 12.3. The Hall–Kier alpha value is -1.14. The molecule has 0 spiro atoms.